The number of aryl methyl sites for hydroxylation is 1. The summed E-state index contributed by atoms with van der Waals surface area (Å²) in [7, 11) is 0. The normalized spacial score (nSPS) is 14.7. The van der Waals surface area contributed by atoms with Crippen molar-refractivity contribution in [3.8, 4) is 0 Å². The Kier molecular flexibility index (Phi) is 6.12. The van der Waals surface area contributed by atoms with Gasteiger partial charge in [-0.3, -0.25) is 9.69 Å². The lowest BCUT2D eigenvalue weighted by atomic mass is 10.1. The predicted molar refractivity (Wildman–Crippen MR) is 109 cm³/mol. The van der Waals surface area contributed by atoms with Gasteiger partial charge in [-0.1, -0.05) is 25.1 Å². The lowest BCUT2D eigenvalue weighted by Crippen LogP contribution is -2.35. The van der Waals surface area contributed by atoms with E-state index in [9.17, 15) is 9.59 Å². The number of amides is 3. The molecule has 2 aromatic carbocycles. The Morgan fingerprint density at radius 3 is 2.56 bits per heavy atom. The molecule has 0 fully saturated rings. The van der Waals surface area contributed by atoms with Crippen LogP contribution in [-0.2, 0) is 6.42 Å². The Morgan fingerprint density at radius 1 is 1.07 bits per heavy atom. The Hall–Kier alpha value is -2.82. The Bertz CT molecular complexity index is 801. The van der Waals surface area contributed by atoms with Crippen LogP contribution in [0, 0.1) is 0 Å². The van der Waals surface area contributed by atoms with E-state index in [1.807, 2.05) is 36.9 Å². The van der Waals surface area contributed by atoms with E-state index in [4.69, 9.17) is 0 Å². The zero-order valence-electron chi connectivity index (χ0n) is 16.0. The van der Waals surface area contributed by atoms with Crippen molar-refractivity contribution in [2.45, 2.75) is 45.6 Å². The largest absolute Gasteiger partial charge is 0.350 e. The molecular weight excluding hydrogens is 338 g/mol. The second kappa shape index (κ2) is 8.71. The lowest BCUT2D eigenvalue weighted by Gasteiger charge is -2.23. The fourth-order valence-electron chi connectivity index (χ4n) is 3.21. The summed E-state index contributed by atoms with van der Waals surface area (Å²) < 4.78 is 0. The smallest absolute Gasteiger partial charge is 0.326 e. The highest BCUT2D eigenvalue weighted by atomic mass is 16.2. The minimum absolute atomic E-state index is 0.0938. The van der Waals surface area contributed by atoms with Gasteiger partial charge in [0.15, 0.2) is 0 Å². The summed E-state index contributed by atoms with van der Waals surface area (Å²) in [5, 5.41) is 5.89. The fourth-order valence-corrected chi connectivity index (χ4v) is 3.21. The topological polar surface area (TPSA) is 61.4 Å². The number of nitrogens with zero attached hydrogens (tertiary/aromatic N) is 1. The van der Waals surface area contributed by atoms with Gasteiger partial charge in [0, 0.05) is 29.5 Å². The van der Waals surface area contributed by atoms with Gasteiger partial charge in [-0.05, 0) is 68.5 Å². The summed E-state index contributed by atoms with van der Waals surface area (Å²) in [6, 6.07) is 15.1. The second-order valence-corrected chi connectivity index (χ2v) is 7.03. The molecule has 1 aliphatic rings. The molecule has 0 aromatic heterocycles. The van der Waals surface area contributed by atoms with Crippen molar-refractivity contribution in [1.29, 1.82) is 0 Å². The number of carbonyl (C=O) groups excluding carboxylic acids is 2. The van der Waals surface area contributed by atoms with E-state index in [2.05, 4.69) is 16.7 Å². The Labute approximate surface area is 160 Å². The zero-order valence-corrected chi connectivity index (χ0v) is 16.0. The van der Waals surface area contributed by atoms with Crippen molar-refractivity contribution in [1.82, 2.24) is 5.32 Å². The van der Waals surface area contributed by atoms with Gasteiger partial charge >= 0.3 is 6.03 Å². The number of hydrogen-bond acceptors (Lipinski definition) is 2. The summed E-state index contributed by atoms with van der Waals surface area (Å²) in [5.41, 5.74) is 3.47. The van der Waals surface area contributed by atoms with Crippen molar-refractivity contribution in [3.05, 3.63) is 59.7 Å². The summed E-state index contributed by atoms with van der Waals surface area (Å²) in [4.78, 5) is 26.8. The number of anilines is 2. The molecule has 0 saturated heterocycles. The van der Waals surface area contributed by atoms with Crippen molar-refractivity contribution < 1.29 is 9.59 Å². The number of urea groups is 1. The standard InChI is InChI=1S/C22H27N3O2/c1-3-16(2)23-21(26)18-11-13-19(14-12-18)24-22(27)25-15-7-6-9-17-8-4-5-10-20(17)25/h4-5,8,10-14,16H,3,6-7,9,15H2,1-2H3,(H,23,26)(H,24,27)/t16-/m0/s1. The molecule has 0 aliphatic carbocycles. The van der Waals surface area contributed by atoms with Crippen molar-refractivity contribution in [3.63, 3.8) is 0 Å². The maximum absolute atomic E-state index is 12.8. The monoisotopic (exact) mass is 365 g/mol. The summed E-state index contributed by atoms with van der Waals surface area (Å²) >= 11 is 0. The summed E-state index contributed by atoms with van der Waals surface area (Å²) in [5.74, 6) is -0.0938. The first-order valence-electron chi connectivity index (χ1n) is 9.66. The van der Waals surface area contributed by atoms with Crippen LogP contribution >= 0.6 is 0 Å². The van der Waals surface area contributed by atoms with Crippen LogP contribution in [0.15, 0.2) is 48.5 Å². The van der Waals surface area contributed by atoms with Crippen molar-refractivity contribution >= 4 is 23.3 Å². The molecule has 3 amide bonds. The van der Waals surface area contributed by atoms with E-state index in [1.165, 1.54) is 5.56 Å². The molecule has 1 heterocycles. The fraction of sp³-hybridized carbons (Fsp3) is 0.364. The molecule has 2 aromatic rings. The number of rotatable bonds is 4. The molecule has 0 unspecified atom stereocenters. The SMILES string of the molecule is CC[C@H](C)NC(=O)c1ccc(NC(=O)N2CCCCc3ccccc32)cc1. The maximum atomic E-state index is 12.8. The van der Waals surface area contributed by atoms with Gasteiger partial charge in [0.2, 0.25) is 0 Å². The minimum atomic E-state index is -0.138. The quantitative estimate of drug-likeness (QED) is 0.832. The molecule has 2 N–H and O–H groups in total. The number of hydrogen-bond donors (Lipinski definition) is 2. The molecular formula is C22H27N3O2. The predicted octanol–water partition coefficient (Wildman–Crippen LogP) is 4.59. The average molecular weight is 365 g/mol. The third-order valence-corrected chi connectivity index (χ3v) is 4.99. The first kappa shape index (κ1) is 19.0. The third kappa shape index (κ3) is 4.67. The molecule has 0 bridgehead atoms. The number of para-hydroxylation sites is 1. The van der Waals surface area contributed by atoms with E-state index in [-0.39, 0.29) is 18.0 Å². The maximum Gasteiger partial charge on any atom is 0.326 e. The molecule has 27 heavy (non-hydrogen) atoms. The molecule has 5 nitrogen and oxygen atoms in total. The average Bonchev–Trinajstić information content (AvgIpc) is 2.91. The Morgan fingerprint density at radius 2 is 1.81 bits per heavy atom. The van der Waals surface area contributed by atoms with Gasteiger partial charge in [-0.15, -0.1) is 0 Å². The number of nitrogens with one attached hydrogen (secondary N) is 2. The van der Waals surface area contributed by atoms with Crippen LogP contribution in [0.2, 0.25) is 0 Å². The van der Waals surface area contributed by atoms with E-state index in [0.717, 1.165) is 31.4 Å². The molecule has 5 heteroatoms. The van der Waals surface area contributed by atoms with Crippen LogP contribution < -0.4 is 15.5 Å². The zero-order chi connectivity index (χ0) is 19.2. The van der Waals surface area contributed by atoms with Crippen LogP contribution in [0.3, 0.4) is 0 Å². The molecule has 142 valence electrons. The van der Waals surface area contributed by atoms with Gasteiger partial charge in [0.05, 0.1) is 0 Å². The van der Waals surface area contributed by atoms with E-state index < -0.39 is 0 Å². The molecule has 1 atom stereocenters. The van der Waals surface area contributed by atoms with Crippen LogP contribution in [0.25, 0.3) is 0 Å². The van der Waals surface area contributed by atoms with Gasteiger partial charge < -0.3 is 10.6 Å². The molecule has 0 radical (unpaired) electrons. The van der Waals surface area contributed by atoms with Crippen molar-refractivity contribution in [2.24, 2.45) is 0 Å². The van der Waals surface area contributed by atoms with E-state index in [0.29, 0.717) is 17.8 Å². The number of fused-ring (bicyclic) bond motifs is 1. The highest BCUT2D eigenvalue weighted by Crippen LogP contribution is 2.26. The van der Waals surface area contributed by atoms with Crippen LogP contribution in [-0.4, -0.2) is 24.5 Å². The molecule has 0 saturated carbocycles. The highest BCUT2D eigenvalue weighted by Gasteiger charge is 2.21. The van der Waals surface area contributed by atoms with Gasteiger partial charge in [-0.25, -0.2) is 4.79 Å². The number of benzene rings is 2. The first-order valence-corrected chi connectivity index (χ1v) is 9.66. The van der Waals surface area contributed by atoms with Crippen LogP contribution in [0.5, 0.6) is 0 Å². The Balaban J connectivity index is 1.69. The van der Waals surface area contributed by atoms with E-state index >= 15 is 0 Å². The van der Waals surface area contributed by atoms with Crippen LogP contribution in [0.4, 0.5) is 16.2 Å². The lowest BCUT2D eigenvalue weighted by molar-refractivity contribution is 0.0939. The van der Waals surface area contributed by atoms with Crippen molar-refractivity contribution in [2.75, 3.05) is 16.8 Å². The van der Waals surface area contributed by atoms with Crippen LogP contribution in [0.1, 0.15) is 49.0 Å². The second-order valence-electron chi connectivity index (χ2n) is 7.03. The summed E-state index contributed by atoms with van der Waals surface area (Å²) in [6.45, 7) is 4.72. The molecule has 3 rings (SSSR count). The van der Waals surface area contributed by atoms with Gasteiger partial charge in [0.25, 0.3) is 5.91 Å². The molecule has 1 aliphatic heterocycles. The minimum Gasteiger partial charge on any atom is -0.350 e. The summed E-state index contributed by atoms with van der Waals surface area (Å²) in [6.07, 6.45) is 3.95. The van der Waals surface area contributed by atoms with E-state index in [1.54, 1.807) is 24.3 Å². The third-order valence-electron chi connectivity index (χ3n) is 4.99. The molecule has 0 spiro atoms. The van der Waals surface area contributed by atoms with Gasteiger partial charge in [-0.2, -0.15) is 0 Å². The highest BCUT2D eigenvalue weighted by molar-refractivity contribution is 6.02. The number of carbonyl (C=O) groups is 2. The first-order chi connectivity index (χ1) is 13.1. The van der Waals surface area contributed by atoms with Gasteiger partial charge in [0.1, 0.15) is 0 Å².